The molecular formula is C8H12CuF6N4P+. The molecule has 0 aliphatic heterocycles. The molecule has 0 unspecified atom stereocenters. The minimum atomic E-state index is -10.7. The summed E-state index contributed by atoms with van der Waals surface area (Å²) in [5.74, 6) is 0. The first kappa shape index (κ1) is 36.3. The Morgan fingerprint density at radius 1 is 0.550 bits per heavy atom. The van der Waals surface area contributed by atoms with Crippen molar-refractivity contribution in [3.05, 3.63) is 0 Å². The molecule has 0 aromatic carbocycles. The first-order chi connectivity index (χ1) is 8.11. The summed E-state index contributed by atoms with van der Waals surface area (Å²) in [4.78, 5) is 0. The van der Waals surface area contributed by atoms with Crippen LogP contribution in [-0.2, 0) is 17.1 Å². The molecule has 0 spiro atoms. The van der Waals surface area contributed by atoms with Crippen molar-refractivity contribution >= 4 is 7.81 Å². The van der Waals surface area contributed by atoms with Crippen LogP contribution >= 0.6 is 7.81 Å². The molecule has 0 aliphatic carbocycles. The molecule has 0 fully saturated rings. The van der Waals surface area contributed by atoms with Crippen LogP contribution in [0.1, 0.15) is 27.7 Å². The van der Waals surface area contributed by atoms with Gasteiger partial charge < -0.3 is 0 Å². The van der Waals surface area contributed by atoms with E-state index in [0.29, 0.717) is 0 Å². The van der Waals surface area contributed by atoms with E-state index in [4.69, 9.17) is 21.0 Å². The van der Waals surface area contributed by atoms with E-state index >= 15 is 0 Å². The van der Waals surface area contributed by atoms with Crippen molar-refractivity contribution in [1.29, 1.82) is 21.0 Å². The fourth-order valence-electron chi connectivity index (χ4n) is 0. The number of rotatable bonds is 0. The summed E-state index contributed by atoms with van der Waals surface area (Å²) in [6.07, 6.45) is 0. The van der Waals surface area contributed by atoms with Gasteiger partial charge in [0.15, 0.2) is 0 Å². The van der Waals surface area contributed by atoms with Crippen molar-refractivity contribution in [2.45, 2.75) is 27.7 Å². The van der Waals surface area contributed by atoms with Crippen molar-refractivity contribution in [2.24, 2.45) is 0 Å². The molecule has 12 heteroatoms. The fraction of sp³-hybridized carbons (Fsp3) is 0.500. The standard InChI is InChI=1S/4C2H3N.Cu.F6P/c4*1-2-3;;1-7(2,3,4,5)6/h4*1H3;;/q;;;;+2;-1. The SMILES string of the molecule is CC#N.CC#N.CC#N.CC#N.F[P-](F)(F)(F)(F)F.[Cu+2]. The molecule has 121 valence electrons. The Hall–Kier alpha value is -1.51. The molecule has 0 amide bonds. The van der Waals surface area contributed by atoms with Gasteiger partial charge in [-0.25, -0.2) is 0 Å². The van der Waals surface area contributed by atoms with Gasteiger partial charge in [0, 0.05) is 27.7 Å². The van der Waals surface area contributed by atoms with Crippen molar-refractivity contribution in [3.63, 3.8) is 0 Å². The third-order valence-corrected chi connectivity index (χ3v) is 0. The first-order valence-corrected chi connectivity index (χ1v) is 5.94. The maximum atomic E-state index is 9.87. The number of hydrogen-bond donors (Lipinski definition) is 0. The van der Waals surface area contributed by atoms with Crippen molar-refractivity contribution in [3.8, 4) is 24.3 Å². The second-order valence-corrected chi connectivity index (χ2v) is 3.77. The van der Waals surface area contributed by atoms with Gasteiger partial charge in [0.05, 0.1) is 24.3 Å². The minimum Gasteiger partial charge on any atom is 2.00 e. The maximum Gasteiger partial charge on any atom is 2.00 e. The Bertz CT molecular complexity index is 307. The fourth-order valence-corrected chi connectivity index (χ4v) is 0. The third-order valence-electron chi connectivity index (χ3n) is 0. The van der Waals surface area contributed by atoms with Crippen LogP contribution < -0.4 is 0 Å². The van der Waals surface area contributed by atoms with Crippen LogP contribution in [-0.4, -0.2) is 0 Å². The average molecular weight is 373 g/mol. The largest absolute Gasteiger partial charge is 2.00 e. The minimum absolute atomic E-state index is 0. The maximum absolute atomic E-state index is 10.7. The predicted molar refractivity (Wildman–Crippen MR) is 58.7 cm³/mol. The van der Waals surface area contributed by atoms with E-state index in [1.165, 1.54) is 27.7 Å². The van der Waals surface area contributed by atoms with Crippen LogP contribution in [0.15, 0.2) is 0 Å². The third kappa shape index (κ3) is 1730. The van der Waals surface area contributed by atoms with E-state index in [-0.39, 0.29) is 17.1 Å². The zero-order chi connectivity index (χ0) is 17.2. The quantitative estimate of drug-likeness (QED) is 0.318. The summed E-state index contributed by atoms with van der Waals surface area (Å²) in [5, 5.41) is 29.3. The molecule has 0 aliphatic rings. The van der Waals surface area contributed by atoms with Gasteiger partial charge in [0.25, 0.3) is 0 Å². The summed E-state index contributed by atoms with van der Waals surface area (Å²) in [6, 6.07) is 7.00. The molecular weight excluding hydrogens is 361 g/mol. The Labute approximate surface area is 123 Å². The van der Waals surface area contributed by atoms with Crippen molar-refractivity contribution in [1.82, 2.24) is 0 Å². The Morgan fingerprint density at radius 3 is 0.550 bits per heavy atom. The number of halogens is 6. The van der Waals surface area contributed by atoms with Crippen LogP contribution in [0.5, 0.6) is 0 Å². The van der Waals surface area contributed by atoms with Crippen molar-refractivity contribution in [2.75, 3.05) is 0 Å². The molecule has 0 saturated heterocycles. The van der Waals surface area contributed by atoms with E-state index in [0.717, 1.165) is 0 Å². The molecule has 0 aromatic heterocycles. The molecule has 1 radical (unpaired) electrons. The first-order valence-electron chi connectivity index (χ1n) is 3.91. The summed E-state index contributed by atoms with van der Waals surface area (Å²) in [6.45, 7) is 5.72. The van der Waals surface area contributed by atoms with Crippen LogP contribution in [0.3, 0.4) is 0 Å². The van der Waals surface area contributed by atoms with Gasteiger partial charge in [-0.1, -0.05) is 0 Å². The Balaban J connectivity index is -0.0000000326. The molecule has 0 heterocycles. The second-order valence-electron chi connectivity index (χ2n) is 1.85. The van der Waals surface area contributed by atoms with Crippen LogP contribution in [0.4, 0.5) is 25.2 Å². The molecule has 0 atom stereocenters. The monoisotopic (exact) mass is 372 g/mol. The van der Waals surface area contributed by atoms with Gasteiger partial charge in [-0.15, -0.1) is 0 Å². The zero-order valence-corrected chi connectivity index (χ0v) is 12.6. The predicted octanol–water partition coefficient (Wildman–Crippen LogP) is 5.50. The van der Waals surface area contributed by atoms with Gasteiger partial charge in [0.2, 0.25) is 0 Å². The van der Waals surface area contributed by atoms with Crippen LogP contribution in [0, 0.1) is 45.3 Å². The Kier molecular flexibility index (Phi) is 28.2. The van der Waals surface area contributed by atoms with E-state index < -0.39 is 7.81 Å². The van der Waals surface area contributed by atoms with Gasteiger partial charge >= 0.3 is 50.1 Å². The molecule has 0 N–H and O–H groups in total. The molecule has 0 saturated carbocycles. The number of nitriles is 4. The van der Waals surface area contributed by atoms with Crippen molar-refractivity contribution < 1.29 is 42.3 Å². The van der Waals surface area contributed by atoms with Crippen LogP contribution in [0.25, 0.3) is 0 Å². The normalized spacial score (nSPS) is 9.70. The number of hydrogen-bond acceptors (Lipinski definition) is 4. The molecule has 0 aromatic rings. The van der Waals surface area contributed by atoms with E-state index in [2.05, 4.69) is 0 Å². The van der Waals surface area contributed by atoms with Crippen LogP contribution in [0.2, 0.25) is 0 Å². The summed E-state index contributed by atoms with van der Waals surface area (Å²) in [7, 11) is -10.7. The molecule has 0 rings (SSSR count). The number of nitrogens with zero attached hydrogens (tertiary/aromatic N) is 4. The van der Waals surface area contributed by atoms with E-state index in [1.807, 2.05) is 0 Å². The molecule has 20 heavy (non-hydrogen) atoms. The summed E-state index contributed by atoms with van der Waals surface area (Å²) < 4.78 is 59.2. The second kappa shape index (κ2) is 15.5. The van der Waals surface area contributed by atoms with Gasteiger partial charge in [-0.2, -0.15) is 21.0 Å². The van der Waals surface area contributed by atoms with Gasteiger partial charge in [-0.3, -0.25) is 0 Å². The average Bonchev–Trinajstić information content (AvgIpc) is 2.01. The smallest absolute Gasteiger partial charge is 2.00 e. The van der Waals surface area contributed by atoms with Gasteiger partial charge in [-0.05, 0) is 0 Å². The zero-order valence-electron chi connectivity index (χ0n) is 10.8. The van der Waals surface area contributed by atoms with E-state index in [9.17, 15) is 25.2 Å². The summed E-state index contributed by atoms with van der Waals surface area (Å²) in [5.41, 5.74) is 0. The topological polar surface area (TPSA) is 95.2 Å². The Morgan fingerprint density at radius 2 is 0.550 bits per heavy atom. The van der Waals surface area contributed by atoms with Gasteiger partial charge in [0.1, 0.15) is 0 Å². The molecule has 4 nitrogen and oxygen atoms in total. The molecule has 0 bridgehead atoms. The van der Waals surface area contributed by atoms with E-state index in [1.54, 1.807) is 24.3 Å². The summed E-state index contributed by atoms with van der Waals surface area (Å²) >= 11 is 0.